The molecule has 0 aliphatic heterocycles. The molecule has 0 bridgehead atoms. The predicted molar refractivity (Wildman–Crippen MR) is 24.8 cm³/mol. The molecule has 0 radical (unpaired) electrons. The molecule has 0 heterocycles. The summed E-state index contributed by atoms with van der Waals surface area (Å²) in [5.74, 6) is -6.20. The number of hydrogen-bond donors (Lipinski definition) is 0. The van der Waals surface area contributed by atoms with Crippen molar-refractivity contribution in [2.75, 3.05) is 0 Å². The lowest BCUT2D eigenvalue weighted by Crippen LogP contribution is -2.39. The number of aliphatic carboxylic acids is 1. The maximum atomic E-state index is 11.8. The quantitative estimate of drug-likeness (QED) is 0.498. The highest BCUT2D eigenvalue weighted by atomic mass is 19.3. The first-order valence-corrected chi connectivity index (χ1v) is 2.24. The van der Waals surface area contributed by atoms with E-state index in [0.29, 0.717) is 0 Å². The Morgan fingerprint density at radius 2 is 2.11 bits per heavy atom. The fourth-order valence-corrected chi connectivity index (χ4v) is 0.277. The zero-order chi connectivity index (χ0) is 7.49. The average Bonchev–Trinajstić information content (AvgIpc) is 1.65. The Kier molecular flexibility index (Phi) is 2.30. The molecule has 0 aliphatic rings. The summed E-state index contributed by atoms with van der Waals surface area (Å²) in [5, 5.41) is 9.50. The number of carboxylic acid groups (broad SMARTS) is 1. The number of rotatable bonds is 2. The van der Waals surface area contributed by atoms with E-state index in [1.54, 1.807) is 0 Å². The van der Waals surface area contributed by atoms with Crippen molar-refractivity contribution >= 4 is 5.97 Å². The second-order valence-corrected chi connectivity index (χ2v) is 1.41. The minimum Gasteiger partial charge on any atom is -0.544 e. The van der Waals surface area contributed by atoms with Gasteiger partial charge in [-0.15, -0.1) is 0 Å². The first-order valence-electron chi connectivity index (χ1n) is 2.24. The summed E-state index contributed by atoms with van der Waals surface area (Å²) in [4.78, 5) is 9.50. The molecule has 0 saturated carbocycles. The Bertz CT molecular complexity index is 140. The Hall–Kier alpha value is -0.930. The highest BCUT2D eigenvalue weighted by molar-refractivity contribution is 5.75. The Morgan fingerprint density at radius 1 is 1.67 bits per heavy atom. The fraction of sp³-hybridized carbons (Fsp3) is 0.400. The molecule has 4 heteroatoms. The van der Waals surface area contributed by atoms with Gasteiger partial charge in [0, 0.05) is 0 Å². The van der Waals surface area contributed by atoms with Crippen molar-refractivity contribution in [3.8, 4) is 0 Å². The summed E-state index contributed by atoms with van der Waals surface area (Å²) < 4.78 is 23.6. The minimum atomic E-state index is -3.82. The molecule has 0 atom stereocenters. The van der Waals surface area contributed by atoms with Crippen molar-refractivity contribution in [1.82, 2.24) is 0 Å². The van der Waals surface area contributed by atoms with Crippen molar-refractivity contribution in [3.05, 3.63) is 12.2 Å². The average molecular weight is 135 g/mol. The van der Waals surface area contributed by atoms with Gasteiger partial charge in [0.05, 0.1) is 0 Å². The van der Waals surface area contributed by atoms with E-state index in [-0.39, 0.29) is 6.08 Å². The van der Waals surface area contributed by atoms with Crippen LogP contribution in [0.25, 0.3) is 0 Å². The zero-order valence-electron chi connectivity index (χ0n) is 4.73. The van der Waals surface area contributed by atoms with Crippen LogP contribution in [-0.2, 0) is 4.79 Å². The van der Waals surface area contributed by atoms with Gasteiger partial charge in [-0.2, -0.15) is 8.78 Å². The number of carbonyl (C=O) groups is 1. The molecule has 9 heavy (non-hydrogen) atoms. The molecule has 0 rings (SSSR count). The first-order chi connectivity index (χ1) is 4.00. The predicted octanol–water partition coefficient (Wildman–Crippen LogP) is -0.0523. The van der Waals surface area contributed by atoms with Crippen molar-refractivity contribution in [1.29, 1.82) is 0 Å². The number of hydrogen-bond acceptors (Lipinski definition) is 2. The van der Waals surface area contributed by atoms with Gasteiger partial charge in [0.2, 0.25) is 0 Å². The fourth-order valence-electron chi connectivity index (χ4n) is 0.277. The van der Waals surface area contributed by atoms with E-state index in [1.807, 2.05) is 0 Å². The third-order valence-corrected chi connectivity index (χ3v) is 0.648. The molecular formula is C5H5F2O2-. The van der Waals surface area contributed by atoms with Crippen LogP contribution < -0.4 is 5.11 Å². The molecule has 0 aromatic heterocycles. The largest absolute Gasteiger partial charge is 0.544 e. The lowest BCUT2D eigenvalue weighted by molar-refractivity contribution is -0.324. The highest BCUT2D eigenvalue weighted by Gasteiger charge is 2.25. The Morgan fingerprint density at radius 3 is 2.22 bits per heavy atom. The van der Waals surface area contributed by atoms with E-state index >= 15 is 0 Å². The number of alkyl halides is 2. The molecule has 0 saturated heterocycles. The summed E-state index contributed by atoms with van der Waals surface area (Å²) in [5.41, 5.74) is 0. The number of carbonyl (C=O) groups excluding carboxylic acids is 1. The van der Waals surface area contributed by atoms with Gasteiger partial charge in [-0.05, 0) is 13.0 Å². The van der Waals surface area contributed by atoms with Crippen LogP contribution in [-0.4, -0.2) is 11.9 Å². The Labute approximate surface area is 50.8 Å². The number of carboxylic acids is 1. The maximum Gasteiger partial charge on any atom is 0.305 e. The van der Waals surface area contributed by atoms with Crippen LogP contribution >= 0.6 is 0 Å². The van der Waals surface area contributed by atoms with Crippen molar-refractivity contribution in [2.24, 2.45) is 0 Å². The van der Waals surface area contributed by atoms with Crippen LogP contribution in [0.3, 0.4) is 0 Å². The van der Waals surface area contributed by atoms with Crippen molar-refractivity contribution in [3.63, 3.8) is 0 Å². The van der Waals surface area contributed by atoms with Gasteiger partial charge in [0.15, 0.2) is 0 Å². The van der Waals surface area contributed by atoms with Crippen LogP contribution in [0.5, 0.6) is 0 Å². The molecule has 0 aromatic rings. The number of halogens is 2. The van der Waals surface area contributed by atoms with Crippen LogP contribution in [0.1, 0.15) is 6.92 Å². The van der Waals surface area contributed by atoms with E-state index in [0.717, 1.165) is 6.08 Å². The molecule has 52 valence electrons. The minimum absolute atomic E-state index is 0.266. The molecule has 2 nitrogen and oxygen atoms in total. The standard InChI is InChI=1S/C5H6F2O2/c1-2-3-5(6,7)4(8)9/h2-3H,1H3,(H,8,9)/p-1/b3-2+. The molecule has 0 spiro atoms. The third kappa shape index (κ3) is 2.21. The van der Waals surface area contributed by atoms with Crippen molar-refractivity contribution in [2.45, 2.75) is 12.8 Å². The molecule has 0 N–H and O–H groups in total. The lowest BCUT2D eigenvalue weighted by Gasteiger charge is -2.10. The van der Waals surface area contributed by atoms with Crippen LogP contribution in [0.2, 0.25) is 0 Å². The summed E-state index contributed by atoms with van der Waals surface area (Å²) in [6, 6.07) is 0. The van der Waals surface area contributed by atoms with Crippen LogP contribution in [0.15, 0.2) is 12.2 Å². The van der Waals surface area contributed by atoms with E-state index in [4.69, 9.17) is 0 Å². The molecule has 0 aromatic carbocycles. The second kappa shape index (κ2) is 2.57. The van der Waals surface area contributed by atoms with Crippen molar-refractivity contribution < 1.29 is 18.7 Å². The highest BCUT2D eigenvalue weighted by Crippen LogP contribution is 2.12. The lowest BCUT2D eigenvalue weighted by atomic mass is 10.3. The number of allylic oxidation sites excluding steroid dienone is 1. The van der Waals surface area contributed by atoms with E-state index in [1.165, 1.54) is 6.92 Å². The van der Waals surface area contributed by atoms with Gasteiger partial charge < -0.3 is 9.90 Å². The normalized spacial score (nSPS) is 12.3. The molecular weight excluding hydrogens is 130 g/mol. The molecule has 0 unspecified atom stereocenters. The van der Waals surface area contributed by atoms with Gasteiger partial charge in [0.1, 0.15) is 5.97 Å². The SMILES string of the molecule is C/C=C/C(F)(F)C(=O)[O-]. The van der Waals surface area contributed by atoms with Crippen LogP contribution in [0, 0.1) is 0 Å². The molecule has 0 fully saturated rings. The maximum absolute atomic E-state index is 11.8. The summed E-state index contributed by atoms with van der Waals surface area (Å²) >= 11 is 0. The van der Waals surface area contributed by atoms with Gasteiger partial charge in [-0.1, -0.05) is 6.08 Å². The molecule has 0 aliphatic carbocycles. The summed E-state index contributed by atoms with van der Waals surface area (Å²) in [7, 11) is 0. The van der Waals surface area contributed by atoms with E-state index in [2.05, 4.69) is 0 Å². The smallest absolute Gasteiger partial charge is 0.305 e. The summed E-state index contributed by atoms with van der Waals surface area (Å²) in [6.45, 7) is 1.30. The third-order valence-electron chi connectivity index (χ3n) is 0.648. The van der Waals surface area contributed by atoms with Gasteiger partial charge in [0.25, 0.3) is 0 Å². The summed E-state index contributed by atoms with van der Waals surface area (Å²) in [6.07, 6.45) is 1.22. The zero-order valence-corrected chi connectivity index (χ0v) is 4.73. The van der Waals surface area contributed by atoms with Gasteiger partial charge >= 0.3 is 5.92 Å². The topological polar surface area (TPSA) is 40.1 Å². The molecule has 0 amide bonds. The van der Waals surface area contributed by atoms with Crippen LogP contribution in [0.4, 0.5) is 8.78 Å². The van der Waals surface area contributed by atoms with Gasteiger partial charge in [-0.3, -0.25) is 0 Å². The van der Waals surface area contributed by atoms with E-state index in [9.17, 15) is 18.7 Å². The monoisotopic (exact) mass is 135 g/mol. The Balaban J connectivity index is 4.19. The van der Waals surface area contributed by atoms with E-state index < -0.39 is 11.9 Å². The van der Waals surface area contributed by atoms with Gasteiger partial charge in [-0.25, -0.2) is 0 Å². The first kappa shape index (κ1) is 8.07. The second-order valence-electron chi connectivity index (χ2n) is 1.41.